The van der Waals surface area contributed by atoms with Gasteiger partial charge >= 0.3 is 5.97 Å². The number of ether oxygens (including phenoxy) is 3. The van der Waals surface area contributed by atoms with Gasteiger partial charge in [0.1, 0.15) is 6.79 Å². The largest absolute Gasteiger partial charge is 0.469 e. The summed E-state index contributed by atoms with van der Waals surface area (Å²) in [6.07, 6.45) is -0.0101. The molecule has 0 radical (unpaired) electrons. The maximum Gasteiger partial charge on any atom is 0.311 e. The highest BCUT2D eigenvalue weighted by atomic mass is 16.7. The van der Waals surface area contributed by atoms with E-state index in [0.29, 0.717) is 13.4 Å². The first-order chi connectivity index (χ1) is 6.50. The molecule has 0 bridgehead atoms. The Hall–Kier alpha value is -0.610. The number of carbonyl (C=O) groups excluding carboxylic acids is 1. The summed E-state index contributed by atoms with van der Waals surface area (Å²) in [6.45, 7) is 6.60. The zero-order valence-electron chi connectivity index (χ0n) is 9.20. The third kappa shape index (κ3) is 2.07. The zero-order valence-corrected chi connectivity index (χ0v) is 9.20. The van der Waals surface area contributed by atoms with Gasteiger partial charge in [0.25, 0.3) is 0 Å². The molecule has 1 aliphatic heterocycles. The average molecular weight is 202 g/mol. The average Bonchev–Trinajstić information content (AvgIpc) is 2.67. The van der Waals surface area contributed by atoms with Gasteiger partial charge in [-0.1, -0.05) is 6.92 Å². The topological polar surface area (TPSA) is 44.8 Å². The normalized spacial score (nSPS) is 24.7. The van der Waals surface area contributed by atoms with E-state index in [1.807, 2.05) is 20.8 Å². The first kappa shape index (κ1) is 11.5. The van der Waals surface area contributed by atoms with Gasteiger partial charge in [-0.25, -0.2) is 0 Å². The lowest BCUT2D eigenvalue weighted by Crippen LogP contribution is -2.39. The van der Waals surface area contributed by atoms with Crippen molar-refractivity contribution in [3.63, 3.8) is 0 Å². The summed E-state index contributed by atoms with van der Waals surface area (Å²) in [7, 11) is 1.41. The predicted octanol–water partition coefficient (Wildman–Crippen LogP) is 1.19. The van der Waals surface area contributed by atoms with Crippen LogP contribution in [0.15, 0.2) is 0 Å². The fourth-order valence-corrected chi connectivity index (χ4v) is 1.55. The van der Waals surface area contributed by atoms with Crippen molar-refractivity contribution in [2.24, 2.45) is 11.3 Å². The lowest BCUT2D eigenvalue weighted by atomic mass is 9.77. The van der Waals surface area contributed by atoms with Crippen LogP contribution in [0.4, 0.5) is 0 Å². The molecular formula is C10H18O4. The van der Waals surface area contributed by atoms with Crippen LogP contribution in [0.5, 0.6) is 0 Å². The summed E-state index contributed by atoms with van der Waals surface area (Å²) in [5, 5.41) is 0. The van der Waals surface area contributed by atoms with Crippen LogP contribution in [0.25, 0.3) is 0 Å². The molecule has 0 aliphatic carbocycles. The zero-order chi connectivity index (χ0) is 10.8. The Kier molecular flexibility index (Phi) is 3.50. The van der Waals surface area contributed by atoms with E-state index in [0.717, 1.165) is 0 Å². The molecule has 82 valence electrons. The molecule has 1 saturated heterocycles. The van der Waals surface area contributed by atoms with E-state index in [-0.39, 0.29) is 18.0 Å². The van der Waals surface area contributed by atoms with Crippen molar-refractivity contribution in [3.05, 3.63) is 0 Å². The molecule has 0 N–H and O–H groups in total. The number of methoxy groups -OCH3 is 1. The van der Waals surface area contributed by atoms with Gasteiger partial charge in [0.05, 0.1) is 25.2 Å². The summed E-state index contributed by atoms with van der Waals surface area (Å²) < 4.78 is 15.2. The van der Waals surface area contributed by atoms with E-state index in [9.17, 15) is 4.79 Å². The Balaban J connectivity index is 2.65. The molecule has 2 atom stereocenters. The molecule has 0 aromatic carbocycles. The van der Waals surface area contributed by atoms with Crippen molar-refractivity contribution in [2.75, 3.05) is 20.5 Å². The number of hydrogen-bond donors (Lipinski definition) is 0. The molecule has 0 aromatic heterocycles. The summed E-state index contributed by atoms with van der Waals surface area (Å²) in [5.74, 6) is -0.127. The molecule has 0 amide bonds. The van der Waals surface area contributed by atoms with Crippen molar-refractivity contribution in [2.45, 2.75) is 26.9 Å². The molecular weight excluding hydrogens is 184 g/mol. The number of esters is 1. The molecule has 2 unspecified atom stereocenters. The standard InChI is InChI=1S/C10H18O4/c1-7(8-5-13-6-14-8)10(2,3)9(11)12-4/h7-8H,5-6H2,1-4H3. The van der Waals surface area contributed by atoms with Crippen LogP contribution >= 0.6 is 0 Å². The van der Waals surface area contributed by atoms with Crippen LogP contribution in [0.3, 0.4) is 0 Å². The lowest BCUT2D eigenvalue weighted by molar-refractivity contribution is -0.156. The molecule has 4 heteroatoms. The van der Waals surface area contributed by atoms with Gasteiger partial charge < -0.3 is 14.2 Å². The Morgan fingerprint density at radius 1 is 1.57 bits per heavy atom. The van der Waals surface area contributed by atoms with E-state index in [2.05, 4.69) is 0 Å². The van der Waals surface area contributed by atoms with Crippen molar-refractivity contribution >= 4 is 5.97 Å². The predicted molar refractivity (Wildman–Crippen MR) is 50.7 cm³/mol. The second-order valence-corrected chi connectivity index (χ2v) is 4.20. The fourth-order valence-electron chi connectivity index (χ4n) is 1.55. The monoisotopic (exact) mass is 202 g/mol. The minimum Gasteiger partial charge on any atom is -0.469 e. The maximum atomic E-state index is 11.5. The highest BCUT2D eigenvalue weighted by Crippen LogP contribution is 2.33. The third-order valence-corrected chi connectivity index (χ3v) is 3.06. The highest BCUT2D eigenvalue weighted by molar-refractivity contribution is 5.76. The van der Waals surface area contributed by atoms with Crippen molar-refractivity contribution in [1.82, 2.24) is 0 Å². The molecule has 0 spiro atoms. The molecule has 1 heterocycles. The van der Waals surface area contributed by atoms with Crippen LogP contribution in [0, 0.1) is 11.3 Å². The molecule has 0 saturated carbocycles. The number of carbonyl (C=O) groups is 1. The van der Waals surface area contributed by atoms with Crippen LogP contribution in [0.2, 0.25) is 0 Å². The van der Waals surface area contributed by atoms with Crippen LogP contribution < -0.4 is 0 Å². The van der Waals surface area contributed by atoms with Crippen LogP contribution in [-0.4, -0.2) is 32.6 Å². The van der Waals surface area contributed by atoms with Gasteiger partial charge in [-0.3, -0.25) is 4.79 Å². The third-order valence-electron chi connectivity index (χ3n) is 3.06. The van der Waals surface area contributed by atoms with Crippen LogP contribution in [-0.2, 0) is 19.0 Å². The summed E-state index contributed by atoms with van der Waals surface area (Å²) in [6, 6.07) is 0. The molecule has 1 fully saturated rings. The van der Waals surface area contributed by atoms with Gasteiger partial charge in [0.2, 0.25) is 0 Å². The van der Waals surface area contributed by atoms with E-state index >= 15 is 0 Å². The Bertz CT molecular complexity index is 206. The van der Waals surface area contributed by atoms with Crippen molar-refractivity contribution < 1.29 is 19.0 Å². The molecule has 14 heavy (non-hydrogen) atoms. The van der Waals surface area contributed by atoms with Gasteiger partial charge in [-0.2, -0.15) is 0 Å². The maximum absolute atomic E-state index is 11.5. The molecule has 1 aliphatic rings. The Morgan fingerprint density at radius 2 is 2.21 bits per heavy atom. The molecule has 4 nitrogen and oxygen atoms in total. The smallest absolute Gasteiger partial charge is 0.311 e. The lowest BCUT2D eigenvalue weighted by Gasteiger charge is -2.31. The number of hydrogen-bond acceptors (Lipinski definition) is 4. The van der Waals surface area contributed by atoms with Crippen molar-refractivity contribution in [3.8, 4) is 0 Å². The van der Waals surface area contributed by atoms with Crippen molar-refractivity contribution in [1.29, 1.82) is 0 Å². The fraction of sp³-hybridized carbons (Fsp3) is 0.900. The molecule has 0 aromatic rings. The second kappa shape index (κ2) is 4.28. The Morgan fingerprint density at radius 3 is 2.64 bits per heavy atom. The minimum absolute atomic E-state index is 0.0101. The van der Waals surface area contributed by atoms with Gasteiger partial charge in [-0.15, -0.1) is 0 Å². The van der Waals surface area contributed by atoms with Gasteiger partial charge in [-0.05, 0) is 13.8 Å². The second-order valence-electron chi connectivity index (χ2n) is 4.20. The SMILES string of the molecule is COC(=O)C(C)(C)C(C)C1COCO1. The quantitative estimate of drug-likeness (QED) is 0.645. The van der Waals surface area contributed by atoms with E-state index in [1.54, 1.807) is 0 Å². The minimum atomic E-state index is -0.535. The van der Waals surface area contributed by atoms with E-state index < -0.39 is 5.41 Å². The van der Waals surface area contributed by atoms with E-state index in [4.69, 9.17) is 14.2 Å². The Labute approximate surface area is 84.5 Å². The van der Waals surface area contributed by atoms with Crippen LogP contribution in [0.1, 0.15) is 20.8 Å². The first-order valence-corrected chi connectivity index (χ1v) is 4.78. The molecule has 1 rings (SSSR count). The van der Waals surface area contributed by atoms with Gasteiger partial charge in [0.15, 0.2) is 0 Å². The summed E-state index contributed by atoms with van der Waals surface area (Å²) in [4.78, 5) is 11.5. The van der Waals surface area contributed by atoms with Gasteiger partial charge in [0, 0.05) is 5.92 Å². The van der Waals surface area contributed by atoms with E-state index in [1.165, 1.54) is 7.11 Å². The first-order valence-electron chi connectivity index (χ1n) is 4.78. The highest BCUT2D eigenvalue weighted by Gasteiger charge is 2.41. The number of rotatable bonds is 3. The summed E-state index contributed by atoms with van der Waals surface area (Å²) in [5.41, 5.74) is -0.535. The summed E-state index contributed by atoms with van der Waals surface area (Å²) >= 11 is 0.